The molecule has 0 bridgehead atoms. The summed E-state index contributed by atoms with van der Waals surface area (Å²) in [5.41, 5.74) is 1.10. The maximum Gasteiger partial charge on any atom is 0.224 e. The first-order valence-electron chi connectivity index (χ1n) is 7.82. The molecule has 1 aromatic rings. The third kappa shape index (κ3) is 3.88. The van der Waals surface area contributed by atoms with Gasteiger partial charge < -0.3 is 5.32 Å². The molecular formula is C17H25NO3S. The van der Waals surface area contributed by atoms with E-state index in [4.69, 9.17) is 0 Å². The molecular weight excluding hydrogens is 298 g/mol. The minimum absolute atomic E-state index is 0.00686. The highest BCUT2D eigenvalue weighted by Crippen LogP contribution is 2.39. The maximum absolute atomic E-state index is 12.0. The number of carbonyl (C=O) groups is 1. The van der Waals surface area contributed by atoms with Crippen molar-refractivity contribution in [1.29, 1.82) is 0 Å². The van der Waals surface area contributed by atoms with Crippen molar-refractivity contribution in [2.75, 3.05) is 6.54 Å². The van der Waals surface area contributed by atoms with Gasteiger partial charge in [0.1, 0.15) is 0 Å². The van der Waals surface area contributed by atoms with Crippen LogP contribution in [0.25, 0.3) is 0 Å². The van der Waals surface area contributed by atoms with E-state index in [0.717, 1.165) is 12.1 Å². The number of nitrogens with one attached hydrogen (secondary N) is 1. The molecule has 1 fully saturated rings. The van der Waals surface area contributed by atoms with Gasteiger partial charge in [-0.3, -0.25) is 4.79 Å². The van der Waals surface area contributed by atoms with Gasteiger partial charge in [0.25, 0.3) is 0 Å². The van der Waals surface area contributed by atoms with Gasteiger partial charge in [0.05, 0.1) is 16.6 Å². The lowest BCUT2D eigenvalue weighted by molar-refractivity contribution is -0.121. The van der Waals surface area contributed by atoms with E-state index < -0.39 is 15.1 Å². The molecule has 0 saturated heterocycles. The molecule has 1 aliphatic rings. The molecule has 122 valence electrons. The van der Waals surface area contributed by atoms with Gasteiger partial charge in [0.2, 0.25) is 5.91 Å². The molecule has 0 atom stereocenters. The zero-order valence-electron chi connectivity index (χ0n) is 13.6. The highest BCUT2D eigenvalue weighted by atomic mass is 32.2. The van der Waals surface area contributed by atoms with Crippen molar-refractivity contribution in [3.63, 3.8) is 0 Å². The van der Waals surface area contributed by atoms with Gasteiger partial charge in [-0.05, 0) is 49.8 Å². The number of rotatable bonds is 6. The second kappa shape index (κ2) is 6.41. The van der Waals surface area contributed by atoms with Crippen LogP contribution in [0.3, 0.4) is 0 Å². The lowest BCUT2D eigenvalue weighted by atomic mass is 9.70. The van der Waals surface area contributed by atoms with Crippen LogP contribution in [-0.4, -0.2) is 26.1 Å². The van der Waals surface area contributed by atoms with Crippen LogP contribution in [-0.2, 0) is 21.1 Å². The third-order valence-electron chi connectivity index (χ3n) is 4.51. The highest BCUT2D eigenvalue weighted by molar-refractivity contribution is 7.92. The summed E-state index contributed by atoms with van der Waals surface area (Å²) in [6, 6.07) is 6.62. The average molecular weight is 323 g/mol. The van der Waals surface area contributed by atoms with Gasteiger partial charge in [-0.2, -0.15) is 0 Å². The van der Waals surface area contributed by atoms with E-state index in [-0.39, 0.29) is 17.7 Å². The van der Waals surface area contributed by atoms with Gasteiger partial charge in [-0.1, -0.05) is 25.5 Å². The average Bonchev–Trinajstić information content (AvgIpc) is 2.43. The summed E-state index contributed by atoms with van der Waals surface area (Å²) in [5.74, 6) is -0.00686. The first-order chi connectivity index (χ1) is 10.2. The van der Waals surface area contributed by atoms with Crippen molar-refractivity contribution in [2.24, 2.45) is 5.41 Å². The fourth-order valence-corrected chi connectivity index (χ4v) is 3.65. The largest absolute Gasteiger partial charge is 0.355 e. The van der Waals surface area contributed by atoms with E-state index >= 15 is 0 Å². The molecule has 1 saturated carbocycles. The molecule has 0 aromatic heterocycles. The Balaban J connectivity index is 1.92. The van der Waals surface area contributed by atoms with E-state index in [1.165, 1.54) is 19.3 Å². The second-order valence-electron chi connectivity index (χ2n) is 6.86. The first-order valence-corrected chi connectivity index (χ1v) is 9.37. The SMILES string of the molecule is CC(C)S(=O)(=O)c1ccc(CC(=O)NCC2(C)CCC2)cc1. The van der Waals surface area contributed by atoms with Crippen LogP contribution in [0.5, 0.6) is 0 Å². The minimum atomic E-state index is -3.25. The Labute approximate surface area is 133 Å². The zero-order chi connectivity index (χ0) is 16.4. The number of benzene rings is 1. The Morgan fingerprint density at radius 2 is 1.82 bits per heavy atom. The Kier molecular flexibility index (Phi) is 4.95. The second-order valence-corrected chi connectivity index (χ2v) is 9.36. The van der Waals surface area contributed by atoms with Crippen LogP contribution in [0.15, 0.2) is 29.2 Å². The Bertz CT molecular complexity index is 628. The van der Waals surface area contributed by atoms with E-state index in [1.807, 2.05) is 0 Å². The first kappa shape index (κ1) is 17.0. The van der Waals surface area contributed by atoms with Crippen molar-refractivity contribution < 1.29 is 13.2 Å². The summed E-state index contributed by atoms with van der Waals surface area (Å²) < 4.78 is 24.1. The predicted molar refractivity (Wildman–Crippen MR) is 87.4 cm³/mol. The van der Waals surface area contributed by atoms with Crippen LogP contribution < -0.4 is 5.32 Å². The van der Waals surface area contributed by atoms with Crippen molar-refractivity contribution in [2.45, 2.75) is 56.6 Å². The van der Waals surface area contributed by atoms with Crippen molar-refractivity contribution in [3.8, 4) is 0 Å². The van der Waals surface area contributed by atoms with Gasteiger partial charge in [-0.25, -0.2) is 8.42 Å². The molecule has 0 radical (unpaired) electrons. The minimum Gasteiger partial charge on any atom is -0.355 e. The van der Waals surface area contributed by atoms with Crippen LogP contribution >= 0.6 is 0 Å². The fourth-order valence-electron chi connectivity index (χ4n) is 2.59. The molecule has 4 nitrogen and oxygen atoms in total. The number of sulfone groups is 1. The Hall–Kier alpha value is -1.36. The van der Waals surface area contributed by atoms with E-state index in [1.54, 1.807) is 38.1 Å². The van der Waals surface area contributed by atoms with Crippen molar-refractivity contribution in [1.82, 2.24) is 5.32 Å². The molecule has 1 aromatic carbocycles. The van der Waals surface area contributed by atoms with Gasteiger partial charge in [0, 0.05) is 6.54 Å². The summed E-state index contributed by atoms with van der Waals surface area (Å²) in [5, 5.41) is 2.54. The third-order valence-corrected chi connectivity index (χ3v) is 6.68. The monoisotopic (exact) mass is 323 g/mol. The number of hydrogen-bond donors (Lipinski definition) is 1. The fraction of sp³-hybridized carbons (Fsp3) is 0.588. The van der Waals surface area contributed by atoms with E-state index in [2.05, 4.69) is 12.2 Å². The summed E-state index contributed by atoms with van der Waals surface area (Å²) >= 11 is 0. The summed E-state index contributed by atoms with van der Waals surface area (Å²) in [4.78, 5) is 12.3. The normalized spacial score (nSPS) is 17.1. The topological polar surface area (TPSA) is 63.2 Å². The van der Waals surface area contributed by atoms with E-state index in [9.17, 15) is 13.2 Å². The van der Waals surface area contributed by atoms with Gasteiger partial charge >= 0.3 is 0 Å². The zero-order valence-corrected chi connectivity index (χ0v) is 14.4. The van der Waals surface area contributed by atoms with Crippen molar-refractivity contribution in [3.05, 3.63) is 29.8 Å². The lowest BCUT2D eigenvalue weighted by Gasteiger charge is -2.38. The molecule has 0 spiro atoms. The summed E-state index contributed by atoms with van der Waals surface area (Å²) in [7, 11) is -3.25. The number of carbonyl (C=O) groups excluding carboxylic acids is 1. The molecule has 1 aliphatic carbocycles. The summed E-state index contributed by atoms with van der Waals surface area (Å²) in [6.07, 6.45) is 3.89. The Morgan fingerprint density at radius 1 is 1.23 bits per heavy atom. The molecule has 22 heavy (non-hydrogen) atoms. The molecule has 0 aliphatic heterocycles. The van der Waals surface area contributed by atoms with Gasteiger partial charge in [-0.15, -0.1) is 0 Å². The van der Waals surface area contributed by atoms with Crippen LogP contribution in [0, 0.1) is 5.41 Å². The standard InChI is InChI=1S/C17H25NO3S/c1-13(2)22(20,21)15-7-5-14(6-8-15)11-16(19)18-12-17(3)9-4-10-17/h5-8,13H,4,9-12H2,1-3H3,(H,18,19). The van der Waals surface area contributed by atoms with Crippen LogP contribution in [0.2, 0.25) is 0 Å². The number of hydrogen-bond acceptors (Lipinski definition) is 3. The maximum atomic E-state index is 12.0. The highest BCUT2D eigenvalue weighted by Gasteiger charge is 2.31. The summed E-state index contributed by atoms with van der Waals surface area (Å²) in [6.45, 7) is 6.25. The molecule has 5 heteroatoms. The number of amides is 1. The Morgan fingerprint density at radius 3 is 2.27 bits per heavy atom. The smallest absolute Gasteiger partial charge is 0.224 e. The van der Waals surface area contributed by atoms with E-state index in [0.29, 0.717) is 4.90 Å². The lowest BCUT2D eigenvalue weighted by Crippen LogP contribution is -2.40. The molecule has 1 N–H and O–H groups in total. The molecule has 1 amide bonds. The van der Waals surface area contributed by atoms with Crippen LogP contribution in [0.4, 0.5) is 0 Å². The quantitative estimate of drug-likeness (QED) is 0.875. The van der Waals surface area contributed by atoms with Crippen LogP contribution in [0.1, 0.15) is 45.6 Å². The predicted octanol–water partition coefficient (Wildman–Crippen LogP) is 2.72. The molecule has 0 heterocycles. The van der Waals surface area contributed by atoms with Gasteiger partial charge in [0.15, 0.2) is 9.84 Å². The molecule has 2 rings (SSSR count). The molecule has 0 unspecified atom stereocenters. The van der Waals surface area contributed by atoms with Crippen molar-refractivity contribution >= 4 is 15.7 Å².